The van der Waals surface area contributed by atoms with Crippen LogP contribution in [0.25, 0.3) is 6.08 Å². The number of hydrogen-bond donors (Lipinski definition) is 1. The highest BCUT2D eigenvalue weighted by atomic mass is 16.6. The molecule has 0 heterocycles. The van der Waals surface area contributed by atoms with Gasteiger partial charge in [-0.25, -0.2) is 9.59 Å². The van der Waals surface area contributed by atoms with Crippen LogP contribution >= 0.6 is 0 Å². The molecule has 0 fully saturated rings. The normalized spacial score (nSPS) is 11.2. The fourth-order valence-corrected chi connectivity index (χ4v) is 1.87. The van der Waals surface area contributed by atoms with E-state index in [0.717, 1.165) is 0 Å². The van der Waals surface area contributed by atoms with Crippen LogP contribution in [0.1, 0.15) is 43.1 Å². The monoisotopic (exact) mass is 350 g/mol. The number of hydrogen-bond acceptors (Lipinski definition) is 6. The number of methoxy groups -OCH3 is 1. The van der Waals surface area contributed by atoms with Crippen LogP contribution in [0.15, 0.2) is 24.3 Å². The molecule has 0 aromatic heterocycles. The summed E-state index contributed by atoms with van der Waals surface area (Å²) in [6.07, 6.45) is 3.21. The van der Waals surface area contributed by atoms with E-state index in [2.05, 4.69) is 10.1 Å². The van der Waals surface area contributed by atoms with Crippen molar-refractivity contribution in [1.82, 2.24) is 5.32 Å². The Labute approximate surface area is 146 Å². The van der Waals surface area contributed by atoms with Crippen molar-refractivity contribution in [2.75, 3.05) is 13.7 Å². The summed E-state index contributed by atoms with van der Waals surface area (Å²) in [7, 11) is 1.21. The number of amides is 1. The standard InChI is InChI=1S/C17H22N2O6/c1-17(2,3)25-16(21)18-10-6-5-7-12-8-9-13(15(20)24-4)11-14(12)19(22)23/h5,7-9,11H,6,10H2,1-4H3,(H,18,21). The summed E-state index contributed by atoms with van der Waals surface area (Å²) >= 11 is 0. The molecule has 8 nitrogen and oxygen atoms in total. The number of nitrogens with zero attached hydrogens (tertiary/aromatic N) is 1. The van der Waals surface area contributed by atoms with Crippen molar-refractivity contribution in [2.24, 2.45) is 0 Å². The van der Waals surface area contributed by atoms with Gasteiger partial charge in [0.15, 0.2) is 0 Å². The third-order valence-electron chi connectivity index (χ3n) is 2.92. The summed E-state index contributed by atoms with van der Waals surface area (Å²) in [4.78, 5) is 33.5. The molecule has 1 amide bonds. The average molecular weight is 350 g/mol. The van der Waals surface area contributed by atoms with Crippen molar-refractivity contribution in [3.05, 3.63) is 45.5 Å². The van der Waals surface area contributed by atoms with Gasteiger partial charge in [-0.05, 0) is 39.3 Å². The van der Waals surface area contributed by atoms with Gasteiger partial charge in [-0.1, -0.05) is 12.2 Å². The molecule has 25 heavy (non-hydrogen) atoms. The minimum atomic E-state index is -0.639. The molecule has 0 bridgehead atoms. The number of ether oxygens (including phenoxy) is 2. The second-order valence-corrected chi connectivity index (χ2v) is 6.14. The minimum Gasteiger partial charge on any atom is -0.465 e. The summed E-state index contributed by atoms with van der Waals surface area (Å²) in [6.45, 7) is 5.64. The fraction of sp³-hybridized carbons (Fsp3) is 0.412. The molecule has 0 radical (unpaired) electrons. The summed E-state index contributed by atoms with van der Waals surface area (Å²) in [5, 5.41) is 13.7. The van der Waals surface area contributed by atoms with Crippen molar-refractivity contribution in [1.29, 1.82) is 0 Å². The highest BCUT2D eigenvalue weighted by Crippen LogP contribution is 2.22. The molecule has 0 saturated carbocycles. The number of esters is 1. The van der Waals surface area contributed by atoms with Gasteiger partial charge in [0.2, 0.25) is 0 Å². The van der Waals surface area contributed by atoms with E-state index in [-0.39, 0.29) is 11.3 Å². The number of alkyl carbamates (subject to hydrolysis) is 1. The first-order chi connectivity index (χ1) is 11.6. The largest absolute Gasteiger partial charge is 0.465 e. The number of nitrogens with one attached hydrogen (secondary N) is 1. The lowest BCUT2D eigenvalue weighted by molar-refractivity contribution is -0.385. The molecular formula is C17H22N2O6. The van der Waals surface area contributed by atoms with Crippen LogP contribution in [0.4, 0.5) is 10.5 Å². The zero-order chi connectivity index (χ0) is 19.0. The number of carbonyl (C=O) groups is 2. The number of nitro benzene ring substituents is 1. The lowest BCUT2D eigenvalue weighted by Crippen LogP contribution is -2.32. The third-order valence-corrected chi connectivity index (χ3v) is 2.92. The fourth-order valence-electron chi connectivity index (χ4n) is 1.87. The van der Waals surface area contributed by atoms with Crippen molar-refractivity contribution in [3.63, 3.8) is 0 Å². The highest BCUT2D eigenvalue weighted by molar-refractivity contribution is 5.90. The minimum absolute atomic E-state index is 0.109. The van der Waals surface area contributed by atoms with Crippen LogP contribution in [-0.4, -0.2) is 36.2 Å². The number of benzene rings is 1. The Balaban J connectivity index is 2.67. The van der Waals surface area contributed by atoms with Crippen LogP contribution in [0.2, 0.25) is 0 Å². The molecule has 0 aliphatic heterocycles. The van der Waals surface area contributed by atoms with E-state index in [4.69, 9.17) is 4.74 Å². The number of rotatable bonds is 6. The quantitative estimate of drug-likeness (QED) is 0.365. The van der Waals surface area contributed by atoms with Crippen LogP contribution in [-0.2, 0) is 9.47 Å². The van der Waals surface area contributed by atoms with Crippen LogP contribution in [0, 0.1) is 10.1 Å². The molecule has 0 atom stereocenters. The van der Waals surface area contributed by atoms with Crippen molar-refractivity contribution in [3.8, 4) is 0 Å². The van der Waals surface area contributed by atoms with Crippen LogP contribution in [0.5, 0.6) is 0 Å². The van der Waals surface area contributed by atoms with E-state index in [1.165, 1.54) is 25.3 Å². The third kappa shape index (κ3) is 7.03. The molecular weight excluding hydrogens is 328 g/mol. The first kappa shape index (κ1) is 20.1. The molecule has 0 aliphatic rings. The number of carbonyl (C=O) groups excluding carboxylic acids is 2. The second-order valence-electron chi connectivity index (χ2n) is 6.14. The summed E-state index contributed by atoms with van der Waals surface area (Å²) in [6, 6.07) is 4.10. The molecule has 1 aromatic carbocycles. The van der Waals surface area contributed by atoms with Gasteiger partial charge < -0.3 is 14.8 Å². The van der Waals surface area contributed by atoms with E-state index < -0.39 is 22.6 Å². The van der Waals surface area contributed by atoms with Gasteiger partial charge >= 0.3 is 12.1 Å². The zero-order valence-electron chi connectivity index (χ0n) is 14.7. The molecule has 0 spiro atoms. The average Bonchev–Trinajstić information content (AvgIpc) is 2.52. The van der Waals surface area contributed by atoms with E-state index in [0.29, 0.717) is 18.5 Å². The first-order valence-corrected chi connectivity index (χ1v) is 7.64. The van der Waals surface area contributed by atoms with Gasteiger partial charge in [0, 0.05) is 12.6 Å². The van der Waals surface area contributed by atoms with E-state index >= 15 is 0 Å². The summed E-state index contributed by atoms with van der Waals surface area (Å²) < 4.78 is 9.64. The molecule has 8 heteroatoms. The molecule has 0 aliphatic carbocycles. The van der Waals surface area contributed by atoms with Crippen molar-refractivity contribution >= 4 is 23.8 Å². The molecule has 1 rings (SSSR count). The van der Waals surface area contributed by atoms with Gasteiger partial charge in [-0.3, -0.25) is 10.1 Å². The van der Waals surface area contributed by atoms with E-state index in [1.807, 2.05) is 0 Å². The highest BCUT2D eigenvalue weighted by Gasteiger charge is 2.17. The predicted octanol–water partition coefficient (Wildman–Crippen LogP) is 3.31. The SMILES string of the molecule is COC(=O)c1ccc(C=CCCNC(=O)OC(C)(C)C)c([N+](=O)[O-])c1. The zero-order valence-corrected chi connectivity index (χ0v) is 14.7. The van der Waals surface area contributed by atoms with E-state index in [9.17, 15) is 19.7 Å². The maximum absolute atomic E-state index is 11.5. The Kier molecular flexibility index (Phi) is 7.10. The first-order valence-electron chi connectivity index (χ1n) is 7.64. The van der Waals surface area contributed by atoms with Crippen molar-refractivity contribution in [2.45, 2.75) is 32.8 Å². The molecule has 0 unspecified atom stereocenters. The maximum atomic E-state index is 11.5. The van der Waals surface area contributed by atoms with Gasteiger partial charge in [-0.15, -0.1) is 0 Å². The van der Waals surface area contributed by atoms with E-state index in [1.54, 1.807) is 32.9 Å². The Bertz CT molecular complexity index is 676. The van der Waals surface area contributed by atoms with Gasteiger partial charge in [0.05, 0.1) is 23.2 Å². The van der Waals surface area contributed by atoms with Crippen molar-refractivity contribution < 1.29 is 24.0 Å². The predicted molar refractivity (Wildman–Crippen MR) is 92.3 cm³/mol. The van der Waals surface area contributed by atoms with Gasteiger partial charge in [-0.2, -0.15) is 0 Å². The molecule has 1 aromatic rings. The Morgan fingerprint density at radius 2 is 2.00 bits per heavy atom. The summed E-state index contributed by atoms with van der Waals surface area (Å²) in [5.41, 5.74) is -0.297. The Morgan fingerprint density at radius 1 is 1.32 bits per heavy atom. The Hall–Kier alpha value is -2.90. The lowest BCUT2D eigenvalue weighted by atomic mass is 10.1. The lowest BCUT2D eigenvalue weighted by Gasteiger charge is -2.19. The summed E-state index contributed by atoms with van der Waals surface area (Å²) in [5.74, 6) is -0.639. The molecule has 136 valence electrons. The van der Waals surface area contributed by atoms with Gasteiger partial charge in [0.1, 0.15) is 5.60 Å². The smallest absolute Gasteiger partial charge is 0.407 e. The molecule has 1 N–H and O–H groups in total. The topological polar surface area (TPSA) is 108 Å². The second kappa shape index (κ2) is 8.81. The van der Waals surface area contributed by atoms with Crippen LogP contribution < -0.4 is 5.32 Å². The molecule has 0 saturated heterocycles. The number of nitro groups is 1. The van der Waals surface area contributed by atoms with Crippen LogP contribution in [0.3, 0.4) is 0 Å². The Morgan fingerprint density at radius 3 is 2.56 bits per heavy atom. The maximum Gasteiger partial charge on any atom is 0.407 e. The van der Waals surface area contributed by atoms with Gasteiger partial charge in [0.25, 0.3) is 5.69 Å².